The molecule has 2 aliphatic rings. The van der Waals surface area contributed by atoms with Crippen molar-refractivity contribution in [2.45, 2.75) is 50.5 Å². The van der Waals surface area contributed by atoms with Crippen molar-refractivity contribution in [2.24, 2.45) is 0 Å². The van der Waals surface area contributed by atoms with Crippen LogP contribution in [0.1, 0.15) is 61.0 Å². The SMILES string of the molecule is CC1(C)c2cc(OCCCC(=O)O)ccc2C(=O)C2c3ccccc3OC21C. The van der Waals surface area contributed by atoms with Crippen LogP contribution in [0.3, 0.4) is 0 Å². The van der Waals surface area contributed by atoms with Crippen molar-refractivity contribution in [3.8, 4) is 11.5 Å². The van der Waals surface area contributed by atoms with Gasteiger partial charge in [0.05, 0.1) is 12.5 Å². The van der Waals surface area contributed by atoms with Gasteiger partial charge in [-0.15, -0.1) is 0 Å². The average molecular weight is 380 g/mol. The van der Waals surface area contributed by atoms with E-state index < -0.39 is 17.0 Å². The molecule has 1 heterocycles. The summed E-state index contributed by atoms with van der Waals surface area (Å²) in [5.74, 6) is 0.308. The van der Waals surface area contributed by atoms with E-state index in [9.17, 15) is 9.59 Å². The van der Waals surface area contributed by atoms with Crippen LogP contribution in [0.5, 0.6) is 11.5 Å². The Balaban J connectivity index is 1.70. The van der Waals surface area contributed by atoms with Crippen LogP contribution in [-0.2, 0) is 10.2 Å². The quantitative estimate of drug-likeness (QED) is 0.781. The summed E-state index contributed by atoms with van der Waals surface area (Å²) in [6, 6.07) is 13.3. The normalized spacial score (nSPS) is 24.0. The van der Waals surface area contributed by atoms with Gasteiger partial charge in [-0.25, -0.2) is 0 Å². The van der Waals surface area contributed by atoms with Gasteiger partial charge in [-0.3, -0.25) is 9.59 Å². The molecule has 28 heavy (non-hydrogen) atoms. The lowest BCUT2D eigenvalue weighted by Gasteiger charge is -2.48. The summed E-state index contributed by atoms with van der Waals surface area (Å²) in [7, 11) is 0. The van der Waals surface area contributed by atoms with Gasteiger partial charge in [0.25, 0.3) is 0 Å². The maximum absolute atomic E-state index is 13.4. The van der Waals surface area contributed by atoms with Crippen LogP contribution in [0.2, 0.25) is 0 Å². The standard InChI is InChI=1S/C23H24O5/c1-22(2)17-13-14(27-12-6-9-19(24)25)10-11-15(17)21(26)20-16-7-4-5-8-18(16)28-23(20,22)3/h4-5,7-8,10-11,13,20H,6,9,12H2,1-3H3,(H,24,25). The number of benzene rings is 2. The molecule has 5 nitrogen and oxygen atoms in total. The van der Waals surface area contributed by atoms with Gasteiger partial charge in [0.2, 0.25) is 0 Å². The number of ketones is 1. The van der Waals surface area contributed by atoms with Crippen molar-refractivity contribution < 1.29 is 24.2 Å². The summed E-state index contributed by atoms with van der Waals surface area (Å²) < 4.78 is 12.1. The lowest BCUT2D eigenvalue weighted by atomic mass is 9.57. The molecule has 2 unspecified atom stereocenters. The summed E-state index contributed by atoms with van der Waals surface area (Å²) >= 11 is 0. The number of fused-ring (bicyclic) bond motifs is 4. The maximum Gasteiger partial charge on any atom is 0.303 e. The Morgan fingerprint density at radius 3 is 2.68 bits per heavy atom. The first-order chi connectivity index (χ1) is 13.3. The molecule has 0 bridgehead atoms. The molecule has 2 aromatic rings. The molecule has 0 aromatic heterocycles. The molecule has 2 atom stereocenters. The summed E-state index contributed by atoms with van der Waals surface area (Å²) in [5.41, 5.74) is 1.43. The van der Waals surface area contributed by atoms with Gasteiger partial charge in [-0.1, -0.05) is 32.0 Å². The molecule has 0 fully saturated rings. The number of hydrogen-bond donors (Lipinski definition) is 1. The topological polar surface area (TPSA) is 72.8 Å². The van der Waals surface area contributed by atoms with Crippen molar-refractivity contribution >= 4 is 11.8 Å². The van der Waals surface area contributed by atoms with E-state index in [4.69, 9.17) is 14.6 Å². The second-order valence-electron chi connectivity index (χ2n) is 8.22. The van der Waals surface area contributed by atoms with Crippen LogP contribution in [0, 0.1) is 0 Å². The molecule has 1 aliphatic heterocycles. The first-order valence-corrected chi connectivity index (χ1v) is 9.57. The van der Waals surface area contributed by atoms with E-state index >= 15 is 0 Å². The number of ether oxygens (including phenoxy) is 2. The Bertz CT molecular complexity index is 961. The highest BCUT2D eigenvalue weighted by atomic mass is 16.5. The number of Topliss-reactive ketones (excluding diaryl/α,β-unsaturated/α-hetero) is 1. The molecule has 0 amide bonds. The molecule has 1 N–H and O–H groups in total. The van der Waals surface area contributed by atoms with Crippen LogP contribution in [0.25, 0.3) is 0 Å². The fraction of sp³-hybridized carbons (Fsp3) is 0.391. The van der Waals surface area contributed by atoms with E-state index in [1.807, 2.05) is 43.3 Å². The number of carboxylic acids is 1. The zero-order chi connectivity index (χ0) is 20.1. The molecule has 2 aromatic carbocycles. The van der Waals surface area contributed by atoms with Gasteiger partial charge in [0, 0.05) is 23.0 Å². The molecule has 0 radical (unpaired) electrons. The molecule has 0 saturated carbocycles. The molecule has 1 aliphatic carbocycles. The molecule has 5 heteroatoms. The first-order valence-electron chi connectivity index (χ1n) is 9.57. The Kier molecular flexibility index (Phi) is 4.21. The number of carbonyl (C=O) groups is 2. The highest BCUT2D eigenvalue weighted by Gasteiger charge is 2.61. The predicted molar refractivity (Wildman–Crippen MR) is 104 cm³/mol. The van der Waals surface area contributed by atoms with Gasteiger partial charge in [0.1, 0.15) is 17.1 Å². The number of carboxylic acid groups (broad SMARTS) is 1. The number of carbonyl (C=O) groups excluding carboxylic acids is 1. The third-order valence-corrected chi connectivity index (χ3v) is 6.34. The van der Waals surface area contributed by atoms with Gasteiger partial charge < -0.3 is 14.6 Å². The van der Waals surface area contributed by atoms with Crippen LogP contribution in [-0.4, -0.2) is 29.1 Å². The van der Waals surface area contributed by atoms with Crippen LogP contribution in [0.15, 0.2) is 42.5 Å². The predicted octanol–water partition coefficient (Wildman–Crippen LogP) is 4.34. The van der Waals surface area contributed by atoms with Gasteiger partial charge in [-0.2, -0.15) is 0 Å². The van der Waals surface area contributed by atoms with Crippen LogP contribution < -0.4 is 9.47 Å². The van der Waals surface area contributed by atoms with Gasteiger partial charge in [0.15, 0.2) is 5.78 Å². The summed E-state index contributed by atoms with van der Waals surface area (Å²) in [6.45, 7) is 6.54. The van der Waals surface area contributed by atoms with E-state index in [-0.39, 0.29) is 18.1 Å². The smallest absolute Gasteiger partial charge is 0.303 e. The number of hydrogen-bond acceptors (Lipinski definition) is 4. The third-order valence-electron chi connectivity index (χ3n) is 6.34. The van der Waals surface area contributed by atoms with E-state index in [1.165, 1.54) is 0 Å². The minimum Gasteiger partial charge on any atom is -0.494 e. The Hall–Kier alpha value is -2.82. The van der Waals surface area contributed by atoms with E-state index in [0.29, 0.717) is 24.3 Å². The van der Waals surface area contributed by atoms with Crippen molar-refractivity contribution in [2.75, 3.05) is 6.61 Å². The first kappa shape index (κ1) is 18.5. The van der Waals surface area contributed by atoms with Crippen molar-refractivity contribution in [1.82, 2.24) is 0 Å². The lowest BCUT2D eigenvalue weighted by molar-refractivity contribution is -0.137. The Morgan fingerprint density at radius 1 is 1.18 bits per heavy atom. The van der Waals surface area contributed by atoms with Crippen LogP contribution >= 0.6 is 0 Å². The number of rotatable bonds is 5. The fourth-order valence-electron chi connectivity index (χ4n) is 4.46. The second-order valence-corrected chi connectivity index (χ2v) is 8.22. The molecular formula is C23H24O5. The minimum atomic E-state index is -0.835. The summed E-state index contributed by atoms with van der Waals surface area (Å²) in [4.78, 5) is 24.1. The third kappa shape index (κ3) is 2.60. The highest BCUT2D eigenvalue weighted by Crippen LogP contribution is 2.58. The second kappa shape index (κ2) is 6.36. The highest BCUT2D eigenvalue weighted by molar-refractivity contribution is 6.06. The molecular weight excluding hydrogens is 356 g/mol. The van der Waals surface area contributed by atoms with Gasteiger partial charge in [-0.05, 0) is 43.2 Å². The average Bonchev–Trinajstić information content (AvgIpc) is 2.97. The van der Waals surface area contributed by atoms with E-state index in [1.54, 1.807) is 6.07 Å². The Morgan fingerprint density at radius 2 is 1.93 bits per heavy atom. The molecule has 0 spiro atoms. The maximum atomic E-state index is 13.4. The number of aliphatic carboxylic acids is 1. The van der Waals surface area contributed by atoms with E-state index in [0.717, 1.165) is 16.9 Å². The molecule has 4 rings (SSSR count). The minimum absolute atomic E-state index is 0.0687. The van der Waals surface area contributed by atoms with Crippen LogP contribution in [0.4, 0.5) is 0 Å². The summed E-state index contributed by atoms with van der Waals surface area (Å²) in [6.07, 6.45) is 0.508. The summed E-state index contributed by atoms with van der Waals surface area (Å²) in [5, 5.41) is 8.75. The van der Waals surface area contributed by atoms with Crippen molar-refractivity contribution in [3.63, 3.8) is 0 Å². The van der Waals surface area contributed by atoms with E-state index in [2.05, 4.69) is 13.8 Å². The zero-order valence-corrected chi connectivity index (χ0v) is 16.3. The molecule has 0 saturated heterocycles. The zero-order valence-electron chi connectivity index (χ0n) is 16.3. The van der Waals surface area contributed by atoms with Crippen molar-refractivity contribution in [3.05, 3.63) is 59.2 Å². The Labute approximate surface area is 164 Å². The number of para-hydroxylation sites is 1. The largest absolute Gasteiger partial charge is 0.494 e. The monoisotopic (exact) mass is 380 g/mol. The lowest BCUT2D eigenvalue weighted by Crippen LogP contribution is -2.57. The van der Waals surface area contributed by atoms with Gasteiger partial charge >= 0.3 is 5.97 Å². The molecule has 146 valence electrons. The van der Waals surface area contributed by atoms with Crippen molar-refractivity contribution in [1.29, 1.82) is 0 Å². The fourth-order valence-corrected chi connectivity index (χ4v) is 4.46.